The van der Waals surface area contributed by atoms with Gasteiger partial charge in [-0.1, -0.05) is 62.4 Å². The van der Waals surface area contributed by atoms with Crippen molar-refractivity contribution in [2.75, 3.05) is 5.75 Å². The lowest BCUT2D eigenvalue weighted by molar-refractivity contribution is -0.136. The summed E-state index contributed by atoms with van der Waals surface area (Å²) in [7, 11) is 0. The topological polar surface area (TPSA) is 297 Å². The van der Waals surface area contributed by atoms with Crippen molar-refractivity contribution in [2.24, 2.45) is 11.5 Å². The quantitative estimate of drug-likeness (QED) is 0.0891. The van der Waals surface area contributed by atoms with Crippen LogP contribution in [0.3, 0.4) is 0 Å². The van der Waals surface area contributed by atoms with E-state index in [4.69, 9.17) is 11.5 Å². The Labute approximate surface area is 349 Å². The highest BCUT2D eigenvalue weighted by molar-refractivity contribution is 8.00. The molecule has 5 rings (SSSR count). The molecule has 0 spiro atoms. The number of amides is 10. The minimum Gasteiger partial charge on any atom is -0.368 e. The highest BCUT2D eigenvalue weighted by Crippen LogP contribution is 2.25. The molecule has 0 bridgehead atoms. The molecular formula is C40H50N10O9S. The molecule has 3 aromatic rings. The van der Waals surface area contributed by atoms with Gasteiger partial charge < -0.3 is 48.4 Å². The van der Waals surface area contributed by atoms with E-state index in [1.54, 1.807) is 50.4 Å². The third-order valence-corrected chi connectivity index (χ3v) is 11.7. The second-order valence-electron chi connectivity index (χ2n) is 14.6. The van der Waals surface area contributed by atoms with E-state index in [-0.39, 0.29) is 25.7 Å². The summed E-state index contributed by atoms with van der Waals surface area (Å²) in [4.78, 5) is 125. The summed E-state index contributed by atoms with van der Waals surface area (Å²) in [5.41, 5.74) is 13.3. The minimum atomic E-state index is -1.59. The SMILES string of the molecule is CC[C@@H]1NC(=O)[C@@H](Cc2ccccc2)NC(=O)C(SC[C@@H](C(=O)N[C@H](C)C(N)=O)N2C(=O)N[C@@H](CC)C2=O)C[C@@H](C(N)=O)NC(=O)[C@H](Cc2c[nH]c3ccccc23)NC1=O. The van der Waals surface area contributed by atoms with Crippen LogP contribution in [0.15, 0.2) is 60.8 Å². The molecule has 2 aromatic carbocycles. The number of aromatic amines is 1. The summed E-state index contributed by atoms with van der Waals surface area (Å²) in [6.45, 7) is 4.63. The summed E-state index contributed by atoms with van der Waals surface area (Å²) >= 11 is 0.753. The van der Waals surface area contributed by atoms with E-state index in [0.29, 0.717) is 16.0 Å². The van der Waals surface area contributed by atoms with Crippen molar-refractivity contribution < 1.29 is 43.2 Å². The van der Waals surface area contributed by atoms with Crippen LogP contribution in [0.2, 0.25) is 0 Å². The number of thioether (sulfide) groups is 1. The molecule has 60 heavy (non-hydrogen) atoms. The molecule has 1 aromatic heterocycles. The number of H-pyrrole nitrogens is 1. The number of hydrogen-bond donors (Lipinski definition) is 9. The van der Waals surface area contributed by atoms with Crippen LogP contribution < -0.4 is 43.4 Å². The number of nitrogens with two attached hydrogens (primary N) is 2. The smallest absolute Gasteiger partial charge is 0.325 e. The molecule has 2 aliphatic rings. The first-order chi connectivity index (χ1) is 28.6. The number of aromatic nitrogens is 1. The van der Waals surface area contributed by atoms with E-state index < -0.39 is 113 Å². The molecule has 10 amide bonds. The number of fused-ring (bicyclic) bond motifs is 1. The first-order valence-electron chi connectivity index (χ1n) is 19.6. The molecule has 20 heteroatoms. The second kappa shape index (κ2) is 20.0. The summed E-state index contributed by atoms with van der Waals surface area (Å²) in [5.74, 6) is -7.08. The Morgan fingerprint density at radius 2 is 1.37 bits per heavy atom. The van der Waals surface area contributed by atoms with Gasteiger partial charge in [-0.05, 0) is 43.4 Å². The molecule has 320 valence electrons. The van der Waals surface area contributed by atoms with Crippen LogP contribution in [0, 0.1) is 0 Å². The van der Waals surface area contributed by atoms with E-state index in [9.17, 15) is 43.2 Å². The van der Waals surface area contributed by atoms with Gasteiger partial charge in [0.25, 0.3) is 5.91 Å². The van der Waals surface area contributed by atoms with Crippen LogP contribution in [0.4, 0.5) is 4.79 Å². The van der Waals surface area contributed by atoms with Gasteiger partial charge in [0, 0.05) is 35.7 Å². The Balaban J connectivity index is 1.53. The number of hydrogen-bond acceptors (Lipinski definition) is 10. The monoisotopic (exact) mass is 846 g/mol. The molecule has 19 nitrogen and oxygen atoms in total. The Kier molecular flexibility index (Phi) is 14.9. The highest BCUT2D eigenvalue weighted by atomic mass is 32.2. The zero-order valence-electron chi connectivity index (χ0n) is 33.3. The van der Waals surface area contributed by atoms with Crippen molar-refractivity contribution in [3.8, 4) is 0 Å². The van der Waals surface area contributed by atoms with Gasteiger partial charge in [0.15, 0.2) is 0 Å². The van der Waals surface area contributed by atoms with Crippen LogP contribution >= 0.6 is 11.8 Å². The predicted octanol–water partition coefficient (Wildman–Crippen LogP) is -1.02. The van der Waals surface area contributed by atoms with Crippen LogP contribution in [0.1, 0.15) is 51.2 Å². The van der Waals surface area contributed by atoms with Crippen LogP contribution in [-0.4, -0.2) is 116 Å². The highest BCUT2D eigenvalue weighted by Gasteiger charge is 2.45. The van der Waals surface area contributed by atoms with Crippen molar-refractivity contribution in [1.29, 1.82) is 0 Å². The number of para-hydroxylation sites is 1. The molecule has 2 fully saturated rings. The minimum absolute atomic E-state index is 0.0239. The molecule has 3 heterocycles. The maximum atomic E-state index is 14.4. The molecule has 0 radical (unpaired) electrons. The molecule has 2 saturated heterocycles. The van der Waals surface area contributed by atoms with E-state index in [1.807, 2.05) is 24.3 Å². The number of carbonyl (C=O) groups is 9. The maximum absolute atomic E-state index is 14.4. The molecule has 2 aliphatic heterocycles. The largest absolute Gasteiger partial charge is 0.368 e. The van der Waals surface area contributed by atoms with Crippen LogP contribution in [-0.2, 0) is 51.2 Å². The Morgan fingerprint density at radius 3 is 2.02 bits per heavy atom. The fraction of sp³-hybridized carbons (Fsp3) is 0.425. The molecular weight excluding hydrogens is 797 g/mol. The molecule has 8 atom stereocenters. The molecule has 1 unspecified atom stereocenters. The lowest BCUT2D eigenvalue weighted by atomic mass is 10.0. The lowest BCUT2D eigenvalue weighted by Gasteiger charge is -2.30. The van der Waals surface area contributed by atoms with Gasteiger partial charge in [0.2, 0.25) is 41.4 Å². The number of nitrogens with zero attached hydrogens (tertiary/aromatic N) is 1. The molecule has 11 N–H and O–H groups in total. The third kappa shape index (κ3) is 10.8. The van der Waals surface area contributed by atoms with E-state index in [2.05, 4.69) is 36.9 Å². The fourth-order valence-corrected chi connectivity index (χ4v) is 8.17. The standard InChI is InChI=1S/C40H50N10O9S/c1-4-24-34(53)47-29(16-22-18-43-26-14-10-9-13-23(22)26)36(55)46-27(33(42)52)17-31(38(57)48-28(35(54)45-24)15-21-11-7-6-8-12-21)60-19-30(37(56)44-20(3)32(41)51)50-39(58)25(5-2)49-40(50)59/h6-14,18,20,24-25,27-31,43H,4-5,15-17,19H2,1-3H3,(H2,41,51)(H2,42,52)(H,44,56)(H,45,54)(H,46,55)(H,47,53)(H,48,57)(H,49,59)/t20-,24+,25+,27+,28-,29+,30+,31?/m1/s1. The number of urea groups is 1. The molecule has 0 saturated carbocycles. The van der Waals surface area contributed by atoms with Gasteiger partial charge >= 0.3 is 6.03 Å². The van der Waals surface area contributed by atoms with Crippen molar-refractivity contribution in [3.63, 3.8) is 0 Å². The van der Waals surface area contributed by atoms with E-state index in [0.717, 1.165) is 22.7 Å². The third-order valence-electron chi connectivity index (χ3n) is 10.4. The van der Waals surface area contributed by atoms with Gasteiger partial charge in [0.1, 0.15) is 42.3 Å². The Hall–Kier alpha value is -6.44. The van der Waals surface area contributed by atoms with Gasteiger partial charge in [0.05, 0.1) is 5.25 Å². The second-order valence-corrected chi connectivity index (χ2v) is 15.9. The molecule has 0 aliphatic carbocycles. The Bertz CT molecular complexity index is 2130. The number of imide groups is 1. The summed E-state index contributed by atoms with van der Waals surface area (Å²) in [5, 5.41) is 15.1. The van der Waals surface area contributed by atoms with Crippen LogP contribution in [0.5, 0.6) is 0 Å². The maximum Gasteiger partial charge on any atom is 0.325 e. The summed E-state index contributed by atoms with van der Waals surface area (Å²) < 4.78 is 0. The zero-order valence-corrected chi connectivity index (χ0v) is 34.1. The number of nitrogens with one attached hydrogen (secondary N) is 7. The number of rotatable bonds is 14. The Morgan fingerprint density at radius 1 is 0.767 bits per heavy atom. The van der Waals surface area contributed by atoms with Gasteiger partial charge in [-0.3, -0.25) is 38.4 Å². The van der Waals surface area contributed by atoms with Gasteiger partial charge in [-0.25, -0.2) is 9.69 Å². The average Bonchev–Trinajstić information content (AvgIpc) is 3.76. The van der Waals surface area contributed by atoms with Gasteiger partial charge in [-0.2, -0.15) is 0 Å². The average molecular weight is 847 g/mol. The zero-order chi connectivity index (χ0) is 43.7. The number of primary amides is 2. The summed E-state index contributed by atoms with van der Waals surface area (Å²) in [6, 6.07) is 6.18. The van der Waals surface area contributed by atoms with E-state index >= 15 is 0 Å². The first-order valence-corrected chi connectivity index (χ1v) is 20.6. The lowest BCUT2D eigenvalue weighted by Crippen LogP contribution is -2.60. The normalized spacial score (nSPS) is 23.9. The number of carbonyl (C=O) groups excluding carboxylic acids is 9. The van der Waals surface area contributed by atoms with E-state index in [1.165, 1.54) is 6.92 Å². The number of benzene rings is 2. The predicted molar refractivity (Wildman–Crippen MR) is 220 cm³/mol. The van der Waals surface area contributed by atoms with Crippen molar-refractivity contribution in [1.82, 2.24) is 41.8 Å². The van der Waals surface area contributed by atoms with Crippen molar-refractivity contribution >= 4 is 76.0 Å². The van der Waals surface area contributed by atoms with Crippen molar-refractivity contribution in [2.45, 2.75) is 100 Å². The van der Waals surface area contributed by atoms with Crippen molar-refractivity contribution in [3.05, 3.63) is 71.9 Å². The summed E-state index contributed by atoms with van der Waals surface area (Å²) in [6.07, 6.45) is 1.44. The van der Waals surface area contributed by atoms with Crippen LogP contribution in [0.25, 0.3) is 10.9 Å². The first kappa shape index (κ1) is 44.7. The van der Waals surface area contributed by atoms with Gasteiger partial charge in [-0.15, -0.1) is 11.8 Å². The fourth-order valence-electron chi connectivity index (χ4n) is 6.91.